The maximum absolute atomic E-state index is 6.09. The van der Waals surface area contributed by atoms with E-state index in [0.29, 0.717) is 5.02 Å². The van der Waals surface area contributed by atoms with Crippen LogP contribution in [0.5, 0.6) is 0 Å². The maximum Gasteiger partial charge on any atom is 0.0763 e. The van der Waals surface area contributed by atoms with Gasteiger partial charge in [-0.1, -0.05) is 24.1 Å². The molecular formula is C13H20ClN3. The molecule has 0 atom stereocenters. The molecule has 1 fully saturated rings. The lowest BCUT2D eigenvalue weighted by molar-refractivity contribution is 0.237. The third-order valence-electron chi connectivity index (χ3n) is 3.22. The van der Waals surface area contributed by atoms with Gasteiger partial charge in [0, 0.05) is 13.1 Å². The van der Waals surface area contributed by atoms with Gasteiger partial charge in [0.05, 0.1) is 16.4 Å². The van der Waals surface area contributed by atoms with E-state index in [1.807, 2.05) is 18.2 Å². The van der Waals surface area contributed by atoms with Crippen LogP contribution in [0.4, 0.5) is 11.4 Å². The van der Waals surface area contributed by atoms with Crippen LogP contribution in [0.3, 0.4) is 0 Å². The molecule has 0 spiro atoms. The van der Waals surface area contributed by atoms with Crippen LogP contribution >= 0.6 is 11.6 Å². The Morgan fingerprint density at radius 1 is 1.24 bits per heavy atom. The summed E-state index contributed by atoms with van der Waals surface area (Å²) < 4.78 is 0. The van der Waals surface area contributed by atoms with Crippen molar-refractivity contribution in [1.82, 2.24) is 4.90 Å². The molecule has 1 aromatic carbocycles. The normalized spacial score (nSPS) is 17.0. The van der Waals surface area contributed by atoms with E-state index >= 15 is 0 Å². The minimum absolute atomic E-state index is 0.698. The van der Waals surface area contributed by atoms with Crippen LogP contribution in [0.25, 0.3) is 0 Å². The smallest absolute Gasteiger partial charge is 0.0763 e. The molecule has 0 saturated carbocycles. The minimum atomic E-state index is 0.698. The van der Waals surface area contributed by atoms with E-state index in [2.05, 4.69) is 10.2 Å². The Bertz CT molecular complexity index is 341. The van der Waals surface area contributed by atoms with Crippen molar-refractivity contribution < 1.29 is 0 Å². The number of halogens is 1. The van der Waals surface area contributed by atoms with Crippen LogP contribution in [0.2, 0.25) is 5.02 Å². The van der Waals surface area contributed by atoms with E-state index in [9.17, 15) is 0 Å². The number of anilines is 2. The SMILES string of the molecule is Nc1cccc(Cl)c1NCCN1CCCCC1. The molecule has 4 heteroatoms. The summed E-state index contributed by atoms with van der Waals surface area (Å²) in [5.41, 5.74) is 7.47. The Hall–Kier alpha value is -0.930. The fourth-order valence-electron chi connectivity index (χ4n) is 2.25. The number of benzene rings is 1. The summed E-state index contributed by atoms with van der Waals surface area (Å²) in [6.07, 6.45) is 4.03. The van der Waals surface area contributed by atoms with Crippen molar-refractivity contribution in [3.8, 4) is 0 Å². The largest absolute Gasteiger partial charge is 0.397 e. The Morgan fingerprint density at radius 2 is 2.00 bits per heavy atom. The van der Waals surface area contributed by atoms with Gasteiger partial charge in [0.2, 0.25) is 0 Å². The number of nitrogen functional groups attached to an aromatic ring is 1. The fraction of sp³-hybridized carbons (Fsp3) is 0.538. The van der Waals surface area contributed by atoms with E-state index in [-0.39, 0.29) is 0 Å². The van der Waals surface area contributed by atoms with Gasteiger partial charge in [-0.2, -0.15) is 0 Å². The van der Waals surface area contributed by atoms with Crippen molar-refractivity contribution in [3.05, 3.63) is 23.2 Å². The quantitative estimate of drug-likeness (QED) is 0.811. The predicted octanol–water partition coefficient (Wildman–Crippen LogP) is 2.82. The first-order chi connectivity index (χ1) is 8.27. The second-order valence-corrected chi connectivity index (χ2v) is 4.94. The maximum atomic E-state index is 6.09. The van der Waals surface area contributed by atoms with Gasteiger partial charge in [0.1, 0.15) is 0 Å². The van der Waals surface area contributed by atoms with Crippen molar-refractivity contribution in [1.29, 1.82) is 0 Å². The molecular weight excluding hydrogens is 234 g/mol. The Kier molecular flexibility index (Phi) is 4.51. The average Bonchev–Trinajstić information content (AvgIpc) is 2.34. The number of hydrogen-bond donors (Lipinski definition) is 2. The molecule has 1 saturated heterocycles. The Balaban J connectivity index is 1.81. The molecule has 0 aliphatic carbocycles. The van der Waals surface area contributed by atoms with Gasteiger partial charge in [-0.25, -0.2) is 0 Å². The molecule has 1 heterocycles. The summed E-state index contributed by atoms with van der Waals surface area (Å²) in [7, 11) is 0. The number of nitrogens with two attached hydrogens (primary N) is 1. The number of nitrogens with zero attached hydrogens (tertiary/aromatic N) is 1. The van der Waals surface area contributed by atoms with Gasteiger partial charge in [-0.3, -0.25) is 0 Å². The summed E-state index contributed by atoms with van der Waals surface area (Å²) in [5, 5.41) is 4.03. The molecule has 1 aromatic rings. The Labute approximate surface area is 108 Å². The van der Waals surface area contributed by atoms with E-state index in [1.54, 1.807) is 0 Å². The van der Waals surface area contributed by atoms with Crippen LogP contribution < -0.4 is 11.1 Å². The predicted molar refractivity (Wildman–Crippen MR) is 74.6 cm³/mol. The van der Waals surface area contributed by atoms with E-state index in [1.165, 1.54) is 32.4 Å². The molecule has 94 valence electrons. The fourth-order valence-corrected chi connectivity index (χ4v) is 2.50. The summed E-state index contributed by atoms with van der Waals surface area (Å²) in [6.45, 7) is 4.40. The van der Waals surface area contributed by atoms with Gasteiger partial charge in [-0.05, 0) is 38.1 Å². The van der Waals surface area contributed by atoms with Crippen molar-refractivity contribution in [2.45, 2.75) is 19.3 Å². The molecule has 17 heavy (non-hydrogen) atoms. The van der Waals surface area contributed by atoms with Crippen molar-refractivity contribution in [2.24, 2.45) is 0 Å². The van der Waals surface area contributed by atoms with Crippen molar-refractivity contribution in [2.75, 3.05) is 37.2 Å². The third kappa shape index (κ3) is 3.51. The number of rotatable bonds is 4. The number of para-hydroxylation sites is 1. The van der Waals surface area contributed by atoms with Crippen LogP contribution in [-0.2, 0) is 0 Å². The first kappa shape index (κ1) is 12.5. The number of likely N-dealkylation sites (tertiary alicyclic amines) is 1. The lowest BCUT2D eigenvalue weighted by atomic mass is 10.1. The summed E-state index contributed by atoms with van der Waals surface area (Å²) in [5.74, 6) is 0. The zero-order valence-corrected chi connectivity index (χ0v) is 10.8. The van der Waals surface area contributed by atoms with Crippen LogP contribution in [0.15, 0.2) is 18.2 Å². The van der Waals surface area contributed by atoms with Crippen LogP contribution in [-0.4, -0.2) is 31.1 Å². The van der Waals surface area contributed by atoms with Crippen molar-refractivity contribution in [3.63, 3.8) is 0 Å². The molecule has 0 unspecified atom stereocenters. The van der Waals surface area contributed by atoms with Crippen molar-refractivity contribution >= 4 is 23.0 Å². The molecule has 3 nitrogen and oxygen atoms in total. The van der Waals surface area contributed by atoms with E-state index in [0.717, 1.165) is 24.5 Å². The highest BCUT2D eigenvalue weighted by Gasteiger charge is 2.09. The van der Waals surface area contributed by atoms with Gasteiger partial charge < -0.3 is 16.0 Å². The summed E-state index contributed by atoms with van der Waals surface area (Å²) in [4.78, 5) is 2.49. The number of piperidine rings is 1. The third-order valence-corrected chi connectivity index (χ3v) is 3.54. The second kappa shape index (κ2) is 6.12. The van der Waals surface area contributed by atoms with E-state index in [4.69, 9.17) is 17.3 Å². The highest BCUT2D eigenvalue weighted by atomic mass is 35.5. The van der Waals surface area contributed by atoms with Gasteiger partial charge in [0.25, 0.3) is 0 Å². The molecule has 1 aliphatic heterocycles. The molecule has 2 rings (SSSR count). The number of nitrogens with one attached hydrogen (secondary N) is 1. The molecule has 0 aromatic heterocycles. The first-order valence-electron chi connectivity index (χ1n) is 6.27. The average molecular weight is 254 g/mol. The highest BCUT2D eigenvalue weighted by Crippen LogP contribution is 2.27. The highest BCUT2D eigenvalue weighted by molar-refractivity contribution is 6.33. The summed E-state index contributed by atoms with van der Waals surface area (Å²) >= 11 is 6.09. The standard InChI is InChI=1S/C13H20ClN3/c14-11-5-4-6-12(15)13(11)16-7-10-17-8-2-1-3-9-17/h4-6,16H,1-3,7-10,15H2. The monoisotopic (exact) mass is 253 g/mol. The zero-order valence-electron chi connectivity index (χ0n) is 10.1. The minimum Gasteiger partial charge on any atom is -0.397 e. The first-order valence-corrected chi connectivity index (χ1v) is 6.65. The lowest BCUT2D eigenvalue weighted by Gasteiger charge is -2.26. The molecule has 1 aliphatic rings. The molecule has 0 bridgehead atoms. The van der Waals surface area contributed by atoms with Gasteiger partial charge >= 0.3 is 0 Å². The number of hydrogen-bond acceptors (Lipinski definition) is 3. The Morgan fingerprint density at radius 3 is 2.71 bits per heavy atom. The summed E-state index contributed by atoms with van der Waals surface area (Å²) in [6, 6.07) is 5.60. The molecule has 0 amide bonds. The van der Waals surface area contributed by atoms with Crippen LogP contribution in [0.1, 0.15) is 19.3 Å². The topological polar surface area (TPSA) is 41.3 Å². The second-order valence-electron chi connectivity index (χ2n) is 4.53. The van der Waals surface area contributed by atoms with Gasteiger partial charge in [0.15, 0.2) is 0 Å². The molecule has 0 radical (unpaired) electrons. The zero-order chi connectivity index (χ0) is 12.1. The van der Waals surface area contributed by atoms with E-state index < -0.39 is 0 Å². The molecule has 3 N–H and O–H groups in total. The van der Waals surface area contributed by atoms with Crippen LogP contribution in [0, 0.1) is 0 Å². The lowest BCUT2D eigenvalue weighted by Crippen LogP contribution is -2.33. The van der Waals surface area contributed by atoms with Gasteiger partial charge in [-0.15, -0.1) is 0 Å².